The lowest BCUT2D eigenvalue weighted by Crippen LogP contribution is -2.47. The quantitative estimate of drug-likeness (QED) is 0.205. The van der Waals surface area contributed by atoms with Gasteiger partial charge in [-0.3, -0.25) is 24.1 Å². The molecule has 7 rings (SSSR count). The van der Waals surface area contributed by atoms with Crippen LogP contribution in [0, 0.1) is 35.5 Å². The number of nitrogens with zero attached hydrogens (tertiary/aromatic N) is 1. The number of rotatable bonds is 11. The zero-order chi connectivity index (χ0) is 37.2. The number of H-pyrrole nitrogens is 1. The summed E-state index contributed by atoms with van der Waals surface area (Å²) in [7, 11) is 0. The van der Waals surface area contributed by atoms with Crippen molar-refractivity contribution in [1.82, 2.24) is 9.88 Å². The number of carboxylic acids is 1. The summed E-state index contributed by atoms with van der Waals surface area (Å²) in [5.74, 6) is -4.48. The minimum atomic E-state index is -4.57. The van der Waals surface area contributed by atoms with Crippen LogP contribution < -0.4 is 19.7 Å². The van der Waals surface area contributed by atoms with E-state index in [4.69, 9.17) is 9.47 Å². The molecule has 2 bridgehead atoms. The maximum Gasteiger partial charge on any atom is 0.416 e. The van der Waals surface area contributed by atoms with Gasteiger partial charge < -0.3 is 24.9 Å². The number of carboxylic acid groups (broad SMARTS) is 1. The Hall–Kier alpha value is -4.31. The third-order valence-corrected chi connectivity index (χ3v) is 13.1. The zero-order valence-electron chi connectivity index (χ0n) is 28.3. The maximum absolute atomic E-state index is 14.0. The SMILES string of the molecule is CCOc1cc([C@H]2c3sc(=O)[nH]c3SC3C4CC(C5C(=O)N(C(CC(C)C)C(=O)O)C(=O)C45)C32)ccc1OCC(=O)Nc1cccc(C(F)(F)F)c1. The molecule has 0 spiro atoms. The second kappa shape index (κ2) is 13.6. The molecule has 3 amide bonds. The number of hydrogen-bond donors (Lipinski definition) is 3. The molecule has 3 aromatic rings. The number of carbonyl (C=O) groups excluding carboxylic acids is 3. The van der Waals surface area contributed by atoms with E-state index < -0.39 is 59.9 Å². The standard InChI is InChI=1S/C36H36F3N3O8S2/c1-4-49-23-11-16(8-9-22(23)50-14-24(43)40-18-7-5-6-17(12-18)36(37,38)39)25-26-19-13-20(29(26)51-31-30(25)52-35(48)41-31)28-27(19)32(44)42(33(28)45)21(34(46)47)10-15(2)3/h5-9,11-12,15,19-21,25-29H,4,10,13-14H2,1-3H3,(H,40,43)(H,41,48)(H,46,47)/t19?,20?,21?,25-,26?,27?,28?,29?/m1/s1. The van der Waals surface area contributed by atoms with Gasteiger partial charge in [0.05, 0.1) is 29.0 Å². The summed E-state index contributed by atoms with van der Waals surface area (Å²) in [5, 5.41) is 13.0. The Balaban J connectivity index is 1.16. The first-order valence-corrected chi connectivity index (χ1v) is 18.7. The Morgan fingerprint density at radius 3 is 2.44 bits per heavy atom. The highest BCUT2D eigenvalue weighted by Gasteiger charge is 2.70. The number of nitrogens with one attached hydrogen (secondary N) is 2. The number of alkyl halides is 3. The van der Waals surface area contributed by atoms with Crippen LogP contribution in [0.5, 0.6) is 11.5 Å². The Morgan fingerprint density at radius 2 is 1.77 bits per heavy atom. The Morgan fingerprint density at radius 1 is 1.04 bits per heavy atom. The number of halogens is 3. The molecule has 1 aromatic heterocycles. The summed E-state index contributed by atoms with van der Waals surface area (Å²) in [6.45, 7) is 5.20. The van der Waals surface area contributed by atoms with Crippen molar-refractivity contribution in [3.8, 4) is 11.5 Å². The largest absolute Gasteiger partial charge is 0.490 e. The smallest absolute Gasteiger partial charge is 0.416 e. The number of imide groups is 1. The molecule has 7 unspecified atom stereocenters. The van der Waals surface area contributed by atoms with Crippen molar-refractivity contribution in [2.45, 2.75) is 62.0 Å². The number of amides is 3. The number of anilines is 1. The topological polar surface area (TPSA) is 155 Å². The van der Waals surface area contributed by atoms with Crippen LogP contribution in [0.25, 0.3) is 0 Å². The molecule has 2 saturated carbocycles. The number of aromatic nitrogens is 1. The van der Waals surface area contributed by atoms with Crippen LogP contribution in [-0.4, -0.2) is 63.2 Å². The monoisotopic (exact) mass is 759 g/mol. The van der Waals surface area contributed by atoms with Crippen molar-refractivity contribution in [2.24, 2.45) is 35.5 Å². The molecule has 1 saturated heterocycles. The molecule has 3 N–H and O–H groups in total. The fourth-order valence-electron chi connectivity index (χ4n) is 8.70. The van der Waals surface area contributed by atoms with Crippen LogP contribution in [0.1, 0.15) is 55.5 Å². The number of hydrogen-bond acceptors (Lipinski definition) is 9. The number of carbonyl (C=O) groups is 4. The van der Waals surface area contributed by atoms with E-state index in [2.05, 4.69) is 10.3 Å². The lowest BCUT2D eigenvalue weighted by molar-refractivity contribution is -0.156. The lowest BCUT2D eigenvalue weighted by atomic mass is 9.68. The van der Waals surface area contributed by atoms with Crippen molar-refractivity contribution in [3.63, 3.8) is 0 Å². The van der Waals surface area contributed by atoms with Crippen LogP contribution in [0.15, 0.2) is 52.3 Å². The molecule has 8 atom stereocenters. The molecule has 2 aliphatic carbocycles. The number of ether oxygens (including phenoxy) is 2. The molecule has 11 nitrogen and oxygen atoms in total. The first-order chi connectivity index (χ1) is 24.7. The maximum atomic E-state index is 14.0. The molecule has 2 aliphatic heterocycles. The van der Waals surface area contributed by atoms with E-state index >= 15 is 0 Å². The number of fused-ring (bicyclic) bond motifs is 9. The lowest BCUT2D eigenvalue weighted by Gasteiger charge is -2.43. The van der Waals surface area contributed by atoms with E-state index in [9.17, 15) is 42.3 Å². The fourth-order valence-corrected chi connectivity index (χ4v) is 11.6. The average molecular weight is 760 g/mol. The number of aliphatic carboxylic acids is 1. The summed E-state index contributed by atoms with van der Waals surface area (Å²) in [6, 6.07) is 8.24. The minimum absolute atomic E-state index is 0.0353. The van der Waals surface area contributed by atoms with E-state index in [0.29, 0.717) is 17.2 Å². The third kappa shape index (κ3) is 6.26. The molecular weight excluding hydrogens is 724 g/mol. The van der Waals surface area contributed by atoms with Gasteiger partial charge in [-0.15, -0.1) is 11.8 Å². The highest BCUT2D eigenvalue weighted by Crippen LogP contribution is 2.69. The van der Waals surface area contributed by atoms with Gasteiger partial charge in [-0.1, -0.05) is 37.3 Å². The molecule has 52 heavy (non-hydrogen) atoms. The van der Waals surface area contributed by atoms with Crippen LogP contribution in [0.4, 0.5) is 18.9 Å². The van der Waals surface area contributed by atoms with Gasteiger partial charge in [0.2, 0.25) is 11.8 Å². The van der Waals surface area contributed by atoms with E-state index in [1.807, 2.05) is 13.8 Å². The summed E-state index contributed by atoms with van der Waals surface area (Å²) < 4.78 is 51.1. The fraction of sp³-hybridized carbons (Fsp3) is 0.472. The predicted molar refractivity (Wildman–Crippen MR) is 184 cm³/mol. The molecule has 3 heterocycles. The molecule has 0 radical (unpaired) electrons. The Labute approximate surface area is 304 Å². The second-order valence-electron chi connectivity index (χ2n) is 14.0. The van der Waals surface area contributed by atoms with Gasteiger partial charge in [-0.2, -0.15) is 13.2 Å². The molecule has 3 fully saturated rings. The summed E-state index contributed by atoms with van der Waals surface area (Å²) >= 11 is 2.60. The van der Waals surface area contributed by atoms with Gasteiger partial charge in [0.1, 0.15) is 6.04 Å². The van der Waals surface area contributed by atoms with Gasteiger partial charge in [0, 0.05) is 21.7 Å². The highest BCUT2D eigenvalue weighted by atomic mass is 32.2. The summed E-state index contributed by atoms with van der Waals surface area (Å²) in [6.07, 6.45) is -3.78. The zero-order valence-corrected chi connectivity index (χ0v) is 29.9. The van der Waals surface area contributed by atoms with Gasteiger partial charge in [-0.25, -0.2) is 4.79 Å². The molecule has 4 aliphatic rings. The van der Waals surface area contributed by atoms with E-state index in [1.54, 1.807) is 25.1 Å². The Kier molecular flexibility index (Phi) is 9.43. The second-order valence-corrected chi connectivity index (χ2v) is 16.2. The summed E-state index contributed by atoms with van der Waals surface area (Å²) in [4.78, 5) is 70.1. The normalized spacial score (nSPS) is 26.6. The van der Waals surface area contributed by atoms with Gasteiger partial charge in [0.25, 0.3) is 5.91 Å². The minimum Gasteiger partial charge on any atom is -0.490 e. The van der Waals surface area contributed by atoms with Crippen molar-refractivity contribution in [1.29, 1.82) is 0 Å². The first kappa shape index (κ1) is 36.1. The van der Waals surface area contributed by atoms with Crippen LogP contribution in [0.2, 0.25) is 0 Å². The van der Waals surface area contributed by atoms with Crippen molar-refractivity contribution < 1.29 is 46.9 Å². The van der Waals surface area contributed by atoms with Crippen molar-refractivity contribution >= 4 is 52.5 Å². The number of thiazole rings is 1. The third-order valence-electron chi connectivity index (χ3n) is 10.5. The highest BCUT2D eigenvalue weighted by molar-refractivity contribution is 8.00. The molecule has 276 valence electrons. The average Bonchev–Trinajstić information content (AvgIpc) is 3.81. The van der Waals surface area contributed by atoms with E-state index in [0.717, 1.165) is 38.8 Å². The van der Waals surface area contributed by atoms with Gasteiger partial charge in [-0.05, 0) is 79.3 Å². The first-order valence-electron chi connectivity index (χ1n) is 17.0. The number of thioether (sulfide) groups is 1. The van der Waals surface area contributed by atoms with Crippen LogP contribution in [0.3, 0.4) is 0 Å². The van der Waals surface area contributed by atoms with Crippen molar-refractivity contribution in [2.75, 3.05) is 18.5 Å². The van der Waals surface area contributed by atoms with Crippen LogP contribution in [-0.2, 0) is 25.4 Å². The van der Waals surface area contributed by atoms with Crippen molar-refractivity contribution in [3.05, 3.63) is 68.1 Å². The van der Waals surface area contributed by atoms with Gasteiger partial charge >= 0.3 is 17.0 Å². The molecule has 16 heteroatoms. The van der Waals surface area contributed by atoms with E-state index in [1.165, 1.54) is 23.9 Å². The number of benzene rings is 2. The number of likely N-dealkylation sites (tertiary alicyclic amines) is 1. The number of aromatic amines is 1. The van der Waals surface area contributed by atoms with E-state index in [-0.39, 0.29) is 64.2 Å². The summed E-state index contributed by atoms with van der Waals surface area (Å²) in [5.41, 5.74) is -0.161. The molecular formula is C36H36F3N3O8S2. The van der Waals surface area contributed by atoms with Gasteiger partial charge in [0.15, 0.2) is 18.1 Å². The van der Waals surface area contributed by atoms with Crippen LogP contribution >= 0.6 is 23.1 Å². The molecule has 2 aromatic carbocycles. The predicted octanol–water partition coefficient (Wildman–Crippen LogP) is 5.84. The Bertz CT molecular complexity index is 2000.